The van der Waals surface area contributed by atoms with Gasteiger partial charge in [-0.15, -0.1) is 0 Å². The number of hydrogen-bond acceptors (Lipinski definition) is 2. The lowest BCUT2D eigenvalue weighted by Crippen LogP contribution is -2.39. The number of nitrogens with two attached hydrogens (primary N) is 1. The van der Waals surface area contributed by atoms with Crippen molar-refractivity contribution in [1.29, 1.82) is 0 Å². The molecule has 0 bridgehead atoms. The highest BCUT2D eigenvalue weighted by atomic mass is 32.1. The molecule has 1 fully saturated rings. The van der Waals surface area contributed by atoms with Gasteiger partial charge < -0.3 is 5.73 Å². The summed E-state index contributed by atoms with van der Waals surface area (Å²) in [4.78, 5) is 2.43. The third kappa shape index (κ3) is 3.51. The fourth-order valence-electron chi connectivity index (χ4n) is 2.81. The molecule has 0 spiro atoms. The Hall–Kier alpha value is -1.00. The van der Waals surface area contributed by atoms with Crippen LogP contribution in [0.3, 0.4) is 0 Å². The van der Waals surface area contributed by atoms with Crippen LogP contribution in [0.15, 0.2) is 18.2 Å². The van der Waals surface area contributed by atoms with Gasteiger partial charge in [0.05, 0.1) is 0 Å². The lowest BCUT2D eigenvalue weighted by atomic mass is 9.84. The largest absolute Gasteiger partial charge is 0.389 e. The fourth-order valence-corrected chi connectivity index (χ4v) is 2.97. The summed E-state index contributed by atoms with van der Waals surface area (Å²) in [5.74, 6) is -0.265. The van der Waals surface area contributed by atoms with E-state index in [1.165, 1.54) is 12.8 Å². The Morgan fingerprint density at radius 3 is 2.84 bits per heavy atom. The molecule has 1 aliphatic heterocycles. The first kappa shape index (κ1) is 14.4. The van der Waals surface area contributed by atoms with E-state index >= 15 is 0 Å². The zero-order valence-corrected chi connectivity index (χ0v) is 12.4. The number of hydrogen-bond donors (Lipinski definition) is 1. The smallest absolute Gasteiger partial charge is 0.137 e. The Kier molecular flexibility index (Phi) is 4.21. The van der Waals surface area contributed by atoms with Crippen molar-refractivity contribution in [2.24, 2.45) is 11.1 Å². The van der Waals surface area contributed by atoms with E-state index in [-0.39, 0.29) is 10.8 Å². The van der Waals surface area contributed by atoms with Gasteiger partial charge in [0.2, 0.25) is 0 Å². The summed E-state index contributed by atoms with van der Waals surface area (Å²) in [5.41, 5.74) is 6.89. The van der Waals surface area contributed by atoms with Crippen LogP contribution in [-0.2, 0) is 6.54 Å². The molecule has 0 atom stereocenters. The molecule has 2 rings (SSSR count). The van der Waals surface area contributed by atoms with Gasteiger partial charge in [-0.25, -0.2) is 4.39 Å². The van der Waals surface area contributed by atoms with Crippen molar-refractivity contribution >= 4 is 17.2 Å². The summed E-state index contributed by atoms with van der Waals surface area (Å²) in [6.45, 7) is 7.19. The normalized spacial score (nSPS) is 19.3. The van der Waals surface area contributed by atoms with Gasteiger partial charge in [0.25, 0.3) is 0 Å². The molecule has 104 valence electrons. The Labute approximate surface area is 119 Å². The van der Waals surface area contributed by atoms with E-state index in [9.17, 15) is 4.39 Å². The Morgan fingerprint density at radius 2 is 2.21 bits per heavy atom. The first-order chi connectivity index (χ1) is 8.89. The lowest BCUT2D eigenvalue weighted by molar-refractivity contribution is 0.110. The van der Waals surface area contributed by atoms with Gasteiger partial charge >= 0.3 is 0 Å². The second-order valence-electron chi connectivity index (χ2n) is 6.12. The number of piperidine rings is 1. The molecule has 1 aromatic rings. The van der Waals surface area contributed by atoms with Crippen molar-refractivity contribution in [3.63, 3.8) is 0 Å². The number of rotatable bonds is 3. The summed E-state index contributed by atoms with van der Waals surface area (Å²) in [6, 6.07) is 5.28. The van der Waals surface area contributed by atoms with Crippen LogP contribution in [0.4, 0.5) is 4.39 Å². The highest BCUT2D eigenvalue weighted by Gasteiger charge is 2.26. The first-order valence-electron chi connectivity index (χ1n) is 6.69. The van der Waals surface area contributed by atoms with E-state index < -0.39 is 0 Å². The van der Waals surface area contributed by atoms with Crippen LogP contribution in [0.25, 0.3) is 0 Å². The molecule has 19 heavy (non-hydrogen) atoms. The van der Waals surface area contributed by atoms with Gasteiger partial charge in [0, 0.05) is 24.2 Å². The van der Waals surface area contributed by atoms with Gasteiger partial charge in [-0.05, 0) is 30.9 Å². The quantitative estimate of drug-likeness (QED) is 0.863. The molecule has 0 unspecified atom stereocenters. The number of benzene rings is 1. The number of likely N-dealkylation sites (tertiary alicyclic amines) is 1. The molecule has 1 heterocycles. The number of nitrogens with zero attached hydrogens (tertiary/aromatic N) is 1. The highest BCUT2D eigenvalue weighted by molar-refractivity contribution is 7.80. The Balaban J connectivity index is 2.15. The zero-order valence-electron chi connectivity index (χ0n) is 11.6. The summed E-state index contributed by atoms with van der Waals surface area (Å²) < 4.78 is 14.3. The molecular weight excluding hydrogens is 259 g/mol. The fraction of sp³-hybridized carbons (Fsp3) is 0.533. The van der Waals surface area contributed by atoms with Crippen molar-refractivity contribution < 1.29 is 4.39 Å². The predicted molar refractivity (Wildman–Crippen MR) is 80.6 cm³/mol. The van der Waals surface area contributed by atoms with Crippen LogP contribution in [0.5, 0.6) is 0 Å². The van der Waals surface area contributed by atoms with Crippen LogP contribution in [0.1, 0.15) is 37.8 Å². The molecule has 1 aromatic carbocycles. The Morgan fingerprint density at radius 1 is 1.47 bits per heavy atom. The molecule has 2 N–H and O–H groups in total. The average molecular weight is 280 g/mol. The Bertz CT molecular complexity index is 485. The number of thiocarbonyl (C=S) groups is 1. The monoisotopic (exact) mass is 280 g/mol. The summed E-state index contributed by atoms with van der Waals surface area (Å²) in [6.07, 6.45) is 2.41. The second-order valence-corrected chi connectivity index (χ2v) is 6.56. The summed E-state index contributed by atoms with van der Waals surface area (Å²) in [7, 11) is 0. The van der Waals surface area contributed by atoms with Crippen LogP contribution in [-0.4, -0.2) is 23.0 Å². The van der Waals surface area contributed by atoms with Crippen LogP contribution >= 0.6 is 12.2 Å². The van der Waals surface area contributed by atoms with Crippen LogP contribution < -0.4 is 5.73 Å². The first-order valence-corrected chi connectivity index (χ1v) is 7.09. The minimum Gasteiger partial charge on any atom is -0.389 e. The maximum absolute atomic E-state index is 14.3. The third-order valence-corrected chi connectivity index (χ3v) is 3.94. The van der Waals surface area contributed by atoms with E-state index in [1.807, 2.05) is 12.1 Å². The van der Waals surface area contributed by atoms with Crippen molar-refractivity contribution in [2.75, 3.05) is 13.1 Å². The SMILES string of the molecule is CC1(C)CCCN(Cc2cccc(C(N)=S)c2F)C1. The van der Waals surface area contributed by atoms with Gasteiger partial charge in [-0.2, -0.15) is 0 Å². The average Bonchev–Trinajstić information content (AvgIpc) is 2.30. The van der Waals surface area contributed by atoms with E-state index in [0.29, 0.717) is 23.1 Å². The minimum atomic E-state index is -0.265. The molecule has 0 aliphatic carbocycles. The molecule has 0 amide bonds. The van der Waals surface area contributed by atoms with Crippen molar-refractivity contribution in [3.8, 4) is 0 Å². The summed E-state index contributed by atoms with van der Waals surface area (Å²) in [5, 5.41) is 0. The lowest BCUT2D eigenvalue weighted by Gasteiger charge is -2.38. The number of halogens is 1. The van der Waals surface area contributed by atoms with Crippen molar-refractivity contribution in [2.45, 2.75) is 33.2 Å². The van der Waals surface area contributed by atoms with Gasteiger partial charge in [0.15, 0.2) is 0 Å². The molecule has 1 saturated heterocycles. The van der Waals surface area contributed by atoms with Crippen LogP contribution in [0.2, 0.25) is 0 Å². The van der Waals surface area contributed by atoms with Gasteiger partial charge in [-0.1, -0.05) is 38.2 Å². The third-order valence-electron chi connectivity index (χ3n) is 3.72. The van der Waals surface area contributed by atoms with E-state index in [4.69, 9.17) is 18.0 Å². The topological polar surface area (TPSA) is 29.3 Å². The van der Waals surface area contributed by atoms with E-state index in [0.717, 1.165) is 13.1 Å². The molecular formula is C15H21FN2S. The molecule has 4 heteroatoms. The maximum atomic E-state index is 14.3. The van der Waals surface area contributed by atoms with E-state index in [2.05, 4.69) is 18.7 Å². The maximum Gasteiger partial charge on any atom is 0.137 e. The van der Waals surface area contributed by atoms with Crippen molar-refractivity contribution in [3.05, 3.63) is 35.1 Å². The minimum absolute atomic E-state index is 0.123. The van der Waals surface area contributed by atoms with E-state index in [1.54, 1.807) is 6.07 Å². The molecule has 1 aliphatic rings. The molecule has 0 radical (unpaired) electrons. The molecule has 2 nitrogen and oxygen atoms in total. The summed E-state index contributed by atoms with van der Waals surface area (Å²) >= 11 is 4.87. The predicted octanol–water partition coefficient (Wildman–Crippen LogP) is 3.08. The molecule has 0 saturated carbocycles. The van der Waals surface area contributed by atoms with Crippen molar-refractivity contribution in [1.82, 2.24) is 4.90 Å². The second kappa shape index (κ2) is 5.55. The molecule has 0 aromatic heterocycles. The van der Waals surface area contributed by atoms with Crippen LogP contribution in [0, 0.1) is 11.2 Å². The zero-order chi connectivity index (χ0) is 14.0. The standard InChI is InChI=1S/C15H21FN2S/c1-15(2)7-4-8-18(10-15)9-11-5-3-6-12(13(11)16)14(17)19/h3,5-6H,4,7-10H2,1-2H3,(H2,17,19). The highest BCUT2D eigenvalue weighted by Crippen LogP contribution is 2.29. The van der Waals surface area contributed by atoms with Gasteiger partial charge in [0.1, 0.15) is 10.8 Å². The van der Waals surface area contributed by atoms with Gasteiger partial charge in [-0.3, -0.25) is 4.90 Å².